The molecule has 6 heteroatoms. The predicted molar refractivity (Wildman–Crippen MR) is 102 cm³/mol. The van der Waals surface area contributed by atoms with Crippen LogP contribution in [0.3, 0.4) is 0 Å². The Bertz CT molecular complexity index is 981. The van der Waals surface area contributed by atoms with Crippen molar-refractivity contribution in [3.8, 4) is 0 Å². The van der Waals surface area contributed by atoms with Crippen LogP contribution in [-0.2, 0) is 19.4 Å². The van der Waals surface area contributed by atoms with Crippen molar-refractivity contribution in [2.24, 2.45) is 0 Å². The average Bonchev–Trinajstić information content (AvgIpc) is 2.98. The van der Waals surface area contributed by atoms with E-state index in [1.807, 2.05) is 11.6 Å². The van der Waals surface area contributed by atoms with Crippen LogP contribution >= 0.6 is 11.3 Å². The summed E-state index contributed by atoms with van der Waals surface area (Å²) in [5.41, 5.74) is 3.51. The molecule has 1 atom stereocenters. The molecule has 0 aliphatic heterocycles. The second-order valence-electron chi connectivity index (χ2n) is 7.16. The molecular formula is C19H24N4OS. The topological polar surface area (TPSA) is 52.7 Å². The Labute approximate surface area is 151 Å². The standard InChI is InChI=1S/C19H24N4OS/c1-12-9-13(2)23(21-12)10-14(3)22-11-20-18-17(19(22)24)15-7-5-4-6-8-16(15)25-18/h9,11,14H,4-8,10H2,1-3H3/t14-/m0/s1. The molecule has 0 spiro atoms. The zero-order valence-electron chi connectivity index (χ0n) is 15.1. The average molecular weight is 356 g/mol. The fourth-order valence-electron chi connectivity index (χ4n) is 3.85. The molecule has 5 nitrogen and oxygen atoms in total. The Balaban J connectivity index is 1.75. The molecule has 132 valence electrons. The molecule has 3 aromatic rings. The molecule has 0 radical (unpaired) electrons. The van der Waals surface area contributed by atoms with Gasteiger partial charge < -0.3 is 0 Å². The third-order valence-corrected chi connectivity index (χ3v) is 6.37. The first-order chi connectivity index (χ1) is 12.0. The van der Waals surface area contributed by atoms with Gasteiger partial charge in [0, 0.05) is 10.6 Å². The zero-order valence-corrected chi connectivity index (χ0v) is 15.9. The zero-order chi connectivity index (χ0) is 17.6. The Hall–Kier alpha value is -1.95. The first-order valence-electron chi connectivity index (χ1n) is 9.07. The molecule has 1 aliphatic carbocycles. The molecule has 0 saturated heterocycles. The summed E-state index contributed by atoms with van der Waals surface area (Å²) in [6, 6.07) is 2.08. The molecule has 0 saturated carbocycles. The molecule has 0 bridgehead atoms. The molecule has 0 aromatic carbocycles. The quantitative estimate of drug-likeness (QED) is 0.671. The Kier molecular flexibility index (Phi) is 4.23. The lowest BCUT2D eigenvalue weighted by molar-refractivity contribution is 0.419. The van der Waals surface area contributed by atoms with Gasteiger partial charge in [-0.25, -0.2) is 4.98 Å². The first-order valence-corrected chi connectivity index (χ1v) is 9.88. The highest BCUT2D eigenvalue weighted by molar-refractivity contribution is 7.18. The second kappa shape index (κ2) is 6.41. The van der Waals surface area contributed by atoms with Gasteiger partial charge in [0.2, 0.25) is 0 Å². The van der Waals surface area contributed by atoms with E-state index in [9.17, 15) is 4.79 Å². The Morgan fingerprint density at radius 3 is 2.80 bits per heavy atom. The molecule has 0 fully saturated rings. The molecule has 3 aromatic heterocycles. The summed E-state index contributed by atoms with van der Waals surface area (Å²) in [7, 11) is 0. The highest BCUT2D eigenvalue weighted by Gasteiger charge is 2.20. The van der Waals surface area contributed by atoms with Crippen LogP contribution < -0.4 is 5.56 Å². The van der Waals surface area contributed by atoms with Gasteiger partial charge in [-0.1, -0.05) is 6.42 Å². The summed E-state index contributed by atoms with van der Waals surface area (Å²) < 4.78 is 3.77. The normalized spacial score (nSPS) is 16.0. The lowest BCUT2D eigenvalue weighted by Gasteiger charge is -2.16. The van der Waals surface area contributed by atoms with Gasteiger partial charge in [0.15, 0.2) is 0 Å². The summed E-state index contributed by atoms with van der Waals surface area (Å²) >= 11 is 1.72. The third-order valence-electron chi connectivity index (χ3n) is 5.17. The van der Waals surface area contributed by atoms with Crippen LogP contribution in [0, 0.1) is 13.8 Å². The molecule has 3 heterocycles. The predicted octanol–water partition coefficient (Wildman–Crippen LogP) is 3.80. The number of thiophene rings is 1. The van der Waals surface area contributed by atoms with Gasteiger partial charge in [-0.05, 0) is 58.1 Å². The van der Waals surface area contributed by atoms with E-state index in [-0.39, 0.29) is 11.6 Å². The number of fused-ring (bicyclic) bond motifs is 3. The van der Waals surface area contributed by atoms with Crippen molar-refractivity contribution < 1.29 is 0 Å². The van der Waals surface area contributed by atoms with E-state index in [1.54, 1.807) is 22.2 Å². The van der Waals surface area contributed by atoms with Gasteiger partial charge in [-0.15, -0.1) is 11.3 Å². The lowest BCUT2D eigenvalue weighted by Crippen LogP contribution is -2.27. The summed E-state index contributed by atoms with van der Waals surface area (Å²) in [4.78, 5) is 20.1. The van der Waals surface area contributed by atoms with Crippen molar-refractivity contribution >= 4 is 21.6 Å². The van der Waals surface area contributed by atoms with Crippen molar-refractivity contribution in [3.05, 3.63) is 44.6 Å². The highest BCUT2D eigenvalue weighted by atomic mass is 32.1. The fraction of sp³-hybridized carbons (Fsp3) is 0.526. The molecule has 1 aliphatic rings. The largest absolute Gasteiger partial charge is 0.294 e. The van der Waals surface area contributed by atoms with E-state index in [1.165, 1.54) is 29.7 Å². The van der Waals surface area contributed by atoms with Crippen LogP contribution in [0.1, 0.15) is 54.1 Å². The lowest BCUT2D eigenvalue weighted by atomic mass is 10.1. The maximum Gasteiger partial charge on any atom is 0.262 e. The molecule has 0 N–H and O–H groups in total. The smallest absolute Gasteiger partial charge is 0.262 e. The van der Waals surface area contributed by atoms with Crippen molar-refractivity contribution in [2.45, 2.75) is 65.5 Å². The minimum absolute atomic E-state index is 0.0173. The first kappa shape index (κ1) is 16.5. The van der Waals surface area contributed by atoms with Crippen molar-refractivity contribution in [2.75, 3.05) is 0 Å². The number of rotatable bonds is 3. The van der Waals surface area contributed by atoms with Crippen molar-refractivity contribution in [3.63, 3.8) is 0 Å². The van der Waals surface area contributed by atoms with E-state index >= 15 is 0 Å². The fourth-order valence-corrected chi connectivity index (χ4v) is 5.07. The van der Waals surface area contributed by atoms with E-state index in [2.05, 4.69) is 30.0 Å². The minimum Gasteiger partial charge on any atom is -0.294 e. The molecule has 4 rings (SSSR count). The molecular weight excluding hydrogens is 332 g/mol. The maximum atomic E-state index is 13.2. The monoisotopic (exact) mass is 356 g/mol. The Morgan fingerprint density at radius 2 is 2.04 bits per heavy atom. The van der Waals surface area contributed by atoms with Gasteiger partial charge in [-0.3, -0.25) is 14.0 Å². The highest BCUT2D eigenvalue weighted by Crippen LogP contribution is 2.32. The van der Waals surface area contributed by atoms with Gasteiger partial charge in [0.25, 0.3) is 5.56 Å². The number of aryl methyl sites for hydroxylation is 4. The van der Waals surface area contributed by atoms with Crippen LogP contribution in [0.25, 0.3) is 10.2 Å². The van der Waals surface area contributed by atoms with Crippen molar-refractivity contribution in [1.29, 1.82) is 0 Å². The van der Waals surface area contributed by atoms with Gasteiger partial charge in [0.1, 0.15) is 4.83 Å². The second-order valence-corrected chi connectivity index (χ2v) is 8.24. The van der Waals surface area contributed by atoms with E-state index in [4.69, 9.17) is 0 Å². The summed E-state index contributed by atoms with van der Waals surface area (Å²) in [6.07, 6.45) is 7.48. The van der Waals surface area contributed by atoms with Gasteiger partial charge in [0.05, 0.1) is 30.0 Å². The van der Waals surface area contributed by atoms with E-state index < -0.39 is 0 Å². The SMILES string of the molecule is Cc1cc(C)n(C[C@H](C)n2cnc3sc4c(c3c2=O)CCCCC4)n1. The van der Waals surface area contributed by atoms with E-state index in [0.717, 1.165) is 34.4 Å². The van der Waals surface area contributed by atoms with Crippen LogP contribution in [-0.4, -0.2) is 19.3 Å². The van der Waals surface area contributed by atoms with Gasteiger partial charge >= 0.3 is 0 Å². The number of aromatic nitrogens is 4. The van der Waals surface area contributed by atoms with Crippen LogP contribution in [0.2, 0.25) is 0 Å². The number of hydrogen-bond acceptors (Lipinski definition) is 4. The third kappa shape index (κ3) is 2.92. The maximum absolute atomic E-state index is 13.2. The van der Waals surface area contributed by atoms with Crippen LogP contribution in [0.4, 0.5) is 0 Å². The summed E-state index contributed by atoms with van der Waals surface area (Å²) in [6.45, 7) is 6.79. The van der Waals surface area contributed by atoms with Gasteiger partial charge in [-0.2, -0.15) is 5.10 Å². The molecule has 25 heavy (non-hydrogen) atoms. The van der Waals surface area contributed by atoms with E-state index in [0.29, 0.717) is 6.54 Å². The number of hydrogen-bond donors (Lipinski definition) is 0. The van der Waals surface area contributed by atoms with Crippen LogP contribution in [0.5, 0.6) is 0 Å². The van der Waals surface area contributed by atoms with Crippen LogP contribution in [0.15, 0.2) is 17.2 Å². The summed E-state index contributed by atoms with van der Waals surface area (Å²) in [5.74, 6) is 0. The molecule has 0 amide bonds. The van der Waals surface area contributed by atoms with Crippen molar-refractivity contribution in [1.82, 2.24) is 19.3 Å². The minimum atomic E-state index is 0.0173. The summed E-state index contributed by atoms with van der Waals surface area (Å²) in [5, 5.41) is 5.39. The molecule has 0 unspecified atom stereocenters. The number of nitrogens with zero attached hydrogens (tertiary/aromatic N) is 4. The Morgan fingerprint density at radius 1 is 1.24 bits per heavy atom.